The van der Waals surface area contributed by atoms with Crippen LogP contribution in [0.1, 0.15) is 16.8 Å². The highest BCUT2D eigenvalue weighted by Gasteiger charge is 2.39. The molecule has 20 heavy (non-hydrogen) atoms. The van der Waals surface area contributed by atoms with Crippen LogP contribution in [-0.2, 0) is 4.79 Å². The molecule has 2 N–H and O–H groups in total. The summed E-state index contributed by atoms with van der Waals surface area (Å²) in [5.41, 5.74) is 0.314. The molecule has 0 aromatic heterocycles. The summed E-state index contributed by atoms with van der Waals surface area (Å²) in [5.74, 6) is -0.539. The highest BCUT2D eigenvalue weighted by Crippen LogP contribution is 2.33. The second-order valence-corrected chi connectivity index (χ2v) is 4.77. The number of aliphatic hydroxyl groups is 1. The monoisotopic (exact) mass is 279 g/mol. The first kappa shape index (κ1) is 12.7. The van der Waals surface area contributed by atoms with Gasteiger partial charge in [0.1, 0.15) is 6.04 Å². The summed E-state index contributed by atoms with van der Waals surface area (Å²) in [6.45, 7) is 0.122. The number of hydrogen-bond donors (Lipinski definition) is 2. The van der Waals surface area contributed by atoms with Crippen LogP contribution in [0.2, 0.25) is 0 Å². The third-order valence-electron chi connectivity index (χ3n) is 3.44. The van der Waals surface area contributed by atoms with E-state index in [9.17, 15) is 14.7 Å². The number of likely N-dealkylation sites (tertiary alicyclic amines) is 1. The van der Waals surface area contributed by atoms with Crippen molar-refractivity contribution in [2.45, 2.75) is 18.6 Å². The lowest BCUT2D eigenvalue weighted by Gasteiger charge is -2.21. The fourth-order valence-electron chi connectivity index (χ4n) is 2.47. The van der Waals surface area contributed by atoms with Gasteiger partial charge in [0.05, 0.1) is 6.10 Å². The lowest BCUT2D eigenvalue weighted by molar-refractivity contribution is -0.141. The number of aliphatic carboxylic acids is 1. The third kappa shape index (κ3) is 2.05. The number of nitrogens with zero attached hydrogens (tertiary/aromatic N) is 1. The summed E-state index contributed by atoms with van der Waals surface area (Å²) in [7, 11) is 0. The van der Waals surface area contributed by atoms with Crippen LogP contribution in [0.25, 0.3) is 0 Å². The summed E-state index contributed by atoms with van der Waals surface area (Å²) in [4.78, 5) is 24.7. The highest BCUT2D eigenvalue weighted by atomic mass is 16.7. The Labute approximate surface area is 114 Å². The van der Waals surface area contributed by atoms with Crippen LogP contribution in [-0.4, -0.2) is 52.5 Å². The molecule has 1 amide bonds. The van der Waals surface area contributed by atoms with Gasteiger partial charge in [-0.2, -0.15) is 0 Å². The van der Waals surface area contributed by atoms with Gasteiger partial charge in [-0.25, -0.2) is 4.79 Å². The summed E-state index contributed by atoms with van der Waals surface area (Å²) < 4.78 is 10.3. The molecule has 0 saturated carbocycles. The zero-order valence-corrected chi connectivity index (χ0v) is 10.5. The van der Waals surface area contributed by atoms with Crippen LogP contribution >= 0.6 is 0 Å². The summed E-state index contributed by atoms with van der Waals surface area (Å²) in [6.07, 6.45) is -0.764. The molecule has 1 aromatic rings. The molecule has 106 valence electrons. The van der Waals surface area contributed by atoms with E-state index >= 15 is 0 Å². The largest absolute Gasteiger partial charge is 0.480 e. The standard InChI is InChI=1S/C13H13NO6/c15-8-4-9(13(17)18)14(5-8)12(16)7-1-2-10-11(3-7)20-6-19-10/h1-3,8-9,15H,4-6H2,(H,17,18)/t8?,9-/m0/s1. The Morgan fingerprint density at radius 1 is 1.25 bits per heavy atom. The van der Waals surface area contributed by atoms with Crippen molar-refractivity contribution in [2.75, 3.05) is 13.3 Å². The predicted molar refractivity (Wildman–Crippen MR) is 65.6 cm³/mol. The molecule has 2 aliphatic heterocycles. The number of ether oxygens (including phenoxy) is 2. The molecule has 3 rings (SSSR count). The van der Waals surface area contributed by atoms with Gasteiger partial charge in [0, 0.05) is 18.5 Å². The van der Waals surface area contributed by atoms with Crippen molar-refractivity contribution in [1.82, 2.24) is 4.90 Å². The van der Waals surface area contributed by atoms with Crippen molar-refractivity contribution in [3.63, 3.8) is 0 Å². The first-order valence-electron chi connectivity index (χ1n) is 6.18. The normalized spacial score (nSPS) is 23.9. The highest BCUT2D eigenvalue weighted by molar-refractivity contribution is 5.97. The van der Waals surface area contributed by atoms with E-state index in [-0.39, 0.29) is 19.8 Å². The molecule has 0 aliphatic carbocycles. The number of carbonyl (C=O) groups excluding carboxylic acids is 1. The maximum Gasteiger partial charge on any atom is 0.326 e. The Morgan fingerprint density at radius 2 is 2.00 bits per heavy atom. The van der Waals surface area contributed by atoms with Gasteiger partial charge in [0.15, 0.2) is 11.5 Å². The summed E-state index contributed by atoms with van der Waals surface area (Å²) in [6, 6.07) is 3.69. The van der Waals surface area contributed by atoms with E-state index in [1.807, 2.05) is 0 Å². The van der Waals surface area contributed by atoms with Crippen LogP contribution in [0.3, 0.4) is 0 Å². The lowest BCUT2D eigenvalue weighted by Crippen LogP contribution is -2.40. The maximum absolute atomic E-state index is 12.4. The topological polar surface area (TPSA) is 96.3 Å². The van der Waals surface area contributed by atoms with Crippen LogP contribution in [0.4, 0.5) is 0 Å². The Kier molecular flexibility index (Phi) is 2.98. The molecule has 1 unspecified atom stereocenters. The first-order valence-corrected chi connectivity index (χ1v) is 6.18. The Bertz CT molecular complexity index is 572. The van der Waals surface area contributed by atoms with Gasteiger partial charge in [0.2, 0.25) is 6.79 Å². The maximum atomic E-state index is 12.4. The smallest absolute Gasteiger partial charge is 0.326 e. The quantitative estimate of drug-likeness (QED) is 0.795. The average Bonchev–Trinajstić information content (AvgIpc) is 3.02. The minimum absolute atomic E-state index is 0.0181. The molecular weight excluding hydrogens is 266 g/mol. The molecule has 1 saturated heterocycles. The average molecular weight is 279 g/mol. The number of carbonyl (C=O) groups is 2. The van der Waals surface area contributed by atoms with Crippen molar-refractivity contribution in [3.8, 4) is 11.5 Å². The Hall–Kier alpha value is -2.28. The van der Waals surface area contributed by atoms with Crippen LogP contribution in [0.5, 0.6) is 11.5 Å². The molecule has 1 aromatic carbocycles. The molecule has 7 nitrogen and oxygen atoms in total. The van der Waals surface area contributed by atoms with Crippen molar-refractivity contribution in [1.29, 1.82) is 0 Å². The number of hydrogen-bond acceptors (Lipinski definition) is 5. The van der Waals surface area contributed by atoms with Gasteiger partial charge in [0.25, 0.3) is 5.91 Å². The number of carboxylic acids is 1. The summed E-state index contributed by atoms with van der Waals surface area (Å²) >= 11 is 0. The minimum Gasteiger partial charge on any atom is -0.480 e. The predicted octanol–water partition coefficient (Wildman–Crippen LogP) is 0.0753. The van der Waals surface area contributed by atoms with Crippen molar-refractivity contribution >= 4 is 11.9 Å². The number of carboxylic acid groups (broad SMARTS) is 1. The number of rotatable bonds is 2. The SMILES string of the molecule is O=C(O)[C@@H]1CC(O)CN1C(=O)c1ccc2c(c1)OCO2. The number of β-amino-alcohol motifs (C(OH)–C–C–N with tert-alkyl or cyclic N) is 1. The second-order valence-electron chi connectivity index (χ2n) is 4.77. The van der Waals surface area contributed by atoms with E-state index in [4.69, 9.17) is 14.6 Å². The van der Waals surface area contributed by atoms with E-state index in [0.717, 1.165) is 0 Å². The van der Waals surface area contributed by atoms with E-state index < -0.39 is 24.0 Å². The number of aliphatic hydroxyl groups excluding tert-OH is 1. The molecule has 2 heterocycles. The Balaban J connectivity index is 1.86. The zero-order valence-electron chi connectivity index (χ0n) is 10.5. The molecule has 7 heteroatoms. The van der Waals surface area contributed by atoms with Gasteiger partial charge in [-0.3, -0.25) is 4.79 Å². The summed E-state index contributed by atoms with van der Waals surface area (Å²) in [5, 5.41) is 18.7. The number of fused-ring (bicyclic) bond motifs is 1. The fourth-order valence-corrected chi connectivity index (χ4v) is 2.47. The van der Waals surface area contributed by atoms with Crippen molar-refractivity contribution in [3.05, 3.63) is 23.8 Å². The molecule has 0 bridgehead atoms. The third-order valence-corrected chi connectivity index (χ3v) is 3.44. The van der Waals surface area contributed by atoms with Crippen LogP contribution < -0.4 is 9.47 Å². The number of benzene rings is 1. The van der Waals surface area contributed by atoms with Crippen molar-refractivity contribution in [2.24, 2.45) is 0 Å². The number of amides is 1. The van der Waals surface area contributed by atoms with E-state index in [1.54, 1.807) is 12.1 Å². The van der Waals surface area contributed by atoms with Gasteiger partial charge in [-0.05, 0) is 18.2 Å². The second kappa shape index (κ2) is 4.68. The minimum atomic E-state index is -1.12. The lowest BCUT2D eigenvalue weighted by atomic mass is 10.1. The molecule has 2 aliphatic rings. The zero-order chi connectivity index (χ0) is 14.3. The van der Waals surface area contributed by atoms with Gasteiger partial charge in [-0.1, -0.05) is 0 Å². The van der Waals surface area contributed by atoms with Crippen LogP contribution in [0.15, 0.2) is 18.2 Å². The molecule has 2 atom stereocenters. The Morgan fingerprint density at radius 3 is 2.75 bits per heavy atom. The van der Waals surface area contributed by atoms with Gasteiger partial charge in [-0.15, -0.1) is 0 Å². The van der Waals surface area contributed by atoms with Crippen molar-refractivity contribution < 1.29 is 29.3 Å². The molecular formula is C13H13NO6. The van der Waals surface area contributed by atoms with Gasteiger partial charge >= 0.3 is 5.97 Å². The van der Waals surface area contributed by atoms with E-state index in [1.165, 1.54) is 11.0 Å². The van der Waals surface area contributed by atoms with Crippen LogP contribution in [0, 0.1) is 0 Å². The fraction of sp³-hybridized carbons (Fsp3) is 0.385. The van der Waals surface area contributed by atoms with E-state index in [2.05, 4.69) is 0 Å². The van der Waals surface area contributed by atoms with E-state index in [0.29, 0.717) is 17.1 Å². The molecule has 0 spiro atoms. The first-order chi connectivity index (χ1) is 9.56. The van der Waals surface area contributed by atoms with Gasteiger partial charge < -0.3 is 24.6 Å². The molecule has 1 fully saturated rings. The molecule has 0 radical (unpaired) electrons.